The summed E-state index contributed by atoms with van der Waals surface area (Å²) >= 11 is 6.69. The SMILES string of the molecule is COc1ccc(C=NNC(=O)C(C)NC(=O)c2ccccc2Br)cc1Br. The van der Waals surface area contributed by atoms with E-state index in [4.69, 9.17) is 4.74 Å². The molecule has 136 valence electrons. The maximum Gasteiger partial charge on any atom is 0.262 e. The molecule has 2 N–H and O–H groups in total. The Balaban J connectivity index is 1.92. The molecule has 0 aromatic heterocycles. The molecule has 0 heterocycles. The first kappa shape index (κ1) is 20.1. The summed E-state index contributed by atoms with van der Waals surface area (Å²) in [4.78, 5) is 24.3. The highest BCUT2D eigenvalue weighted by molar-refractivity contribution is 9.10. The average molecular weight is 483 g/mol. The molecule has 2 aromatic carbocycles. The molecule has 0 saturated heterocycles. The number of carbonyl (C=O) groups excluding carboxylic acids is 2. The summed E-state index contributed by atoms with van der Waals surface area (Å²) in [7, 11) is 1.58. The molecule has 6 nitrogen and oxygen atoms in total. The third-order valence-electron chi connectivity index (χ3n) is 3.42. The van der Waals surface area contributed by atoms with Crippen LogP contribution in [-0.4, -0.2) is 31.2 Å². The van der Waals surface area contributed by atoms with Crippen molar-refractivity contribution in [3.63, 3.8) is 0 Å². The van der Waals surface area contributed by atoms with Gasteiger partial charge < -0.3 is 10.1 Å². The van der Waals surface area contributed by atoms with Gasteiger partial charge in [-0.1, -0.05) is 12.1 Å². The van der Waals surface area contributed by atoms with E-state index in [1.165, 1.54) is 6.21 Å². The van der Waals surface area contributed by atoms with Gasteiger partial charge in [0.05, 0.1) is 23.4 Å². The lowest BCUT2D eigenvalue weighted by Crippen LogP contribution is -2.43. The summed E-state index contributed by atoms with van der Waals surface area (Å²) in [6.07, 6.45) is 1.50. The molecule has 0 fully saturated rings. The molecule has 1 atom stereocenters. The molecule has 26 heavy (non-hydrogen) atoms. The Kier molecular flexibility index (Phi) is 7.35. The van der Waals surface area contributed by atoms with Crippen molar-refractivity contribution in [2.45, 2.75) is 13.0 Å². The van der Waals surface area contributed by atoms with Crippen LogP contribution in [-0.2, 0) is 4.79 Å². The minimum absolute atomic E-state index is 0.344. The number of hydrazone groups is 1. The summed E-state index contributed by atoms with van der Waals surface area (Å²) in [5.41, 5.74) is 3.65. The van der Waals surface area contributed by atoms with Crippen LogP contribution in [0, 0.1) is 0 Å². The van der Waals surface area contributed by atoms with E-state index >= 15 is 0 Å². The van der Waals surface area contributed by atoms with Crippen molar-refractivity contribution < 1.29 is 14.3 Å². The van der Waals surface area contributed by atoms with Gasteiger partial charge in [0.25, 0.3) is 11.8 Å². The number of hydrogen-bond acceptors (Lipinski definition) is 4. The molecular weight excluding hydrogens is 466 g/mol. The Labute approximate surface area is 168 Å². The van der Waals surface area contributed by atoms with Crippen molar-refractivity contribution in [2.24, 2.45) is 5.10 Å². The molecule has 8 heteroatoms. The smallest absolute Gasteiger partial charge is 0.262 e. The summed E-state index contributed by atoms with van der Waals surface area (Å²) in [6.45, 7) is 1.59. The van der Waals surface area contributed by atoms with Crippen molar-refractivity contribution in [3.05, 3.63) is 62.5 Å². The number of nitrogens with one attached hydrogen (secondary N) is 2. The molecule has 1 unspecified atom stereocenters. The molecule has 2 aromatic rings. The van der Waals surface area contributed by atoms with Gasteiger partial charge in [-0.2, -0.15) is 5.10 Å². The second-order valence-corrected chi connectivity index (χ2v) is 7.01. The lowest BCUT2D eigenvalue weighted by molar-refractivity contribution is -0.122. The highest BCUT2D eigenvalue weighted by Crippen LogP contribution is 2.24. The Bertz CT molecular complexity index is 840. The lowest BCUT2D eigenvalue weighted by atomic mass is 10.2. The van der Waals surface area contributed by atoms with Gasteiger partial charge in [-0.05, 0) is 74.7 Å². The fraction of sp³-hybridized carbons (Fsp3) is 0.167. The number of ether oxygens (including phenoxy) is 1. The predicted molar refractivity (Wildman–Crippen MR) is 108 cm³/mol. The van der Waals surface area contributed by atoms with E-state index in [2.05, 4.69) is 47.7 Å². The summed E-state index contributed by atoms with van der Waals surface area (Å²) in [5.74, 6) is -0.0630. The lowest BCUT2D eigenvalue weighted by Gasteiger charge is -2.12. The predicted octanol–water partition coefficient (Wildman–Crippen LogP) is 3.49. The monoisotopic (exact) mass is 481 g/mol. The van der Waals surface area contributed by atoms with E-state index in [0.717, 1.165) is 10.0 Å². The zero-order valence-electron chi connectivity index (χ0n) is 14.1. The normalized spacial score (nSPS) is 11.8. The second-order valence-electron chi connectivity index (χ2n) is 5.30. The van der Waals surface area contributed by atoms with Crippen molar-refractivity contribution in [2.75, 3.05) is 7.11 Å². The molecule has 2 amide bonds. The van der Waals surface area contributed by atoms with Crippen LogP contribution < -0.4 is 15.5 Å². The third-order valence-corrected chi connectivity index (χ3v) is 4.73. The van der Waals surface area contributed by atoms with E-state index in [0.29, 0.717) is 15.8 Å². The fourth-order valence-electron chi connectivity index (χ4n) is 2.02. The number of nitrogens with zero attached hydrogens (tertiary/aromatic N) is 1. The minimum Gasteiger partial charge on any atom is -0.496 e. The van der Waals surface area contributed by atoms with Crippen LogP contribution in [0.1, 0.15) is 22.8 Å². The fourth-order valence-corrected chi connectivity index (χ4v) is 3.04. The largest absolute Gasteiger partial charge is 0.496 e. The van der Waals surface area contributed by atoms with E-state index in [9.17, 15) is 9.59 Å². The number of amides is 2. The summed E-state index contributed by atoms with van der Waals surface area (Å²) in [5, 5.41) is 6.54. The van der Waals surface area contributed by atoms with Gasteiger partial charge in [0, 0.05) is 4.47 Å². The van der Waals surface area contributed by atoms with E-state index in [-0.39, 0.29) is 5.91 Å². The molecule has 0 aliphatic rings. The molecule has 0 spiro atoms. The Morgan fingerprint density at radius 2 is 1.88 bits per heavy atom. The Morgan fingerprint density at radius 3 is 2.54 bits per heavy atom. The molecule has 0 aliphatic heterocycles. The van der Waals surface area contributed by atoms with Crippen molar-refractivity contribution in [1.29, 1.82) is 0 Å². The average Bonchev–Trinajstić information content (AvgIpc) is 2.62. The van der Waals surface area contributed by atoms with Crippen molar-refractivity contribution >= 4 is 49.9 Å². The zero-order valence-corrected chi connectivity index (χ0v) is 17.3. The maximum absolute atomic E-state index is 12.2. The molecule has 0 saturated carbocycles. The van der Waals surface area contributed by atoms with Crippen LogP contribution in [0.2, 0.25) is 0 Å². The van der Waals surface area contributed by atoms with Crippen LogP contribution in [0.15, 0.2) is 56.5 Å². The zero-order chi connectivity index (χ0) is 19.1. The number of methoxy groups -OCH3 is 1. The van der Waals surface area contributed by atoms with Crippen LogP contribution >= 0.6 is 31.9 Å². The quantitative estimate of drug-likeness (QED) is 0.488. The van der Waals surface area contributed by atoms with Crippen LogP contribution in [0.25, 0.3) is 0 Å². The topological polar surface area (TPSA) is 79.8 Å². The summed E-state index contributed by atoms with van der Waals surface area (Å²) in [6, 6.07) is 11.7. The van der Waals surface area contributed by atoms with Gasteiger partial charge in [0.2, 0.25) is 0 Å². The molecule has 0 aliphatic carbocycles. The highest BCUT2D eigenvalue weighted by atomic mass is 79.9. The van der Waals surface area contributed by atoms with E-state index in [1.54, 1.807) is 44.4 Å². The van der Waals surface area contributed by atoms with Crippen LogP contribution in [0.4, 0.5) is 0 Å². The van der Waals surface area contributed by atoms with Crippen LogP contribution in [0.3, 0.4) is 0 Å². The number of benzene rings is 2. The number of hydrogen-bond donors (Lipinski definition) is 2. The molecule has 2 rings (SSSR count). The number of halogens is 2. The first-order chi connectivity index (χ1) is 12.4. The Morgan fingerprint density at radius 1 is 1.15 bits per heavy atom. The van der Waals surface area contributed by atoms with Gasteiger partial charge in [0.1, 0.15) is 11.8 Å². The van der Waals surface area contributed by atoms with Gasteiger partial charge >= 0.3 is 0 Å². The molecule has 0 bridgehead atoms. The van der Waals surface area contributed by atoms with Gasteiger partial charge in [0.15, 0.2) is 0 Å². The first-order valence-electron chi connectivity index (χ1n) is 7.64. The van der Waals surface area contributed by atoms with Crippen molar-refractivity contribution in [3.8, 4) is 5.75 Å². The van der Waals surface area contributed by atoms with Gasteiger partial charge in [-0.3, -0.25) is 9.59 Å². The minimum atomic E-state index is -0.741. The second kappa shape index (κ2) is 9.49. The van der Waals surface area contributed by atoms with Crippen LogP contribution in [0.5, 0.6) is 5.75 Å². The standard InChI is InChI=1S/C18H17Br2N3O3/c1-11(22-18(25)13-5-3-4-6-14(13)19)17(24)23-21-10-12-7-8-16(26-2)15(20)9-12/h3-11H,1-2H3,(H,22,25)(H,23,24). The van der Waals surface area contributed by atoms with E-state index < -0.39 is 11.9 Å². The van der Waals surface area contributed by atoms with Gasteiger partial charge in [-0.15, -0.1) is 0 Å². The highest BCUT2D eigenvalue weighted by Gasteiger charge is 2.17. The number of rotatable bonds is 6. The number of carbonyl (C=O) groups is 2. The Hall–Kier alpha value is -2.19. The first-order valence-corrected chi connectivity index (χ1v) is 9.23. The third kappa shape index (κ3) is 5.40. The summed E-state index contributed by atoms with van der Waals surface area (Å²) < 4.78 is 6.59. The van der Waals surface area contributed by atoms with E-state index in [1.807, 2.05) is 12.1 Å². The van der Waals surface area contributed by atoms with Gasteiger partial charge in [-0.25, -0.2) is 5.43 Å². The van der Waals surface area contributed by atoms with Crippen molar-refractivity contribution in [1.82, 2.24) is 10.7 Å². The maximum atomic E-state index is 12.2. The molecule has 0 radical (unpaired) electrons. The molecular formula is C18H17Br2N3O3.